The highest BCUT2D eigenvalue weighted by Gasteiger charge is 2.51. The van der Waals surface area contributed by atoms with Crippen molar-refractivity contribution < 1.29 is 24.2 Å². The van der Waals surface area contributed by atoms with E-state index in [9.17, 15) is 14.4 Å². The zero-order valence-corrected chi connectivity index (χ0v) is 16.4. The van der Waals surface area contributed by atoms with Gasteiger partial charge >= 0.3 is 5.97 Å². The second-order valence-electron chi connectivity index (χ2n) is 6.96. The Bertz CT molecular complexity index is 670. The van der Waals surface area contributed by atoms with E-state index in [1.54, 1.807) is 0 Å². The minimum absolute atomic E-state index is 0.306. The zero-order valence-electron chi connectivity index (χ0n) is 16.4. The maximum absolute atomic E-state index is 12.6. The minimum Gasteiger partial charge on any atom is -0.479 e. The fraction of sp³-hybridized carbons (Fsp3) is 0.550. The van der Waals surface area contributed by atoms with Crippen LogP contribution in [0.1, 0.15) is 24.8 Å². The molecule has 1 aromatic carbocycles. The van der Waals surface area contributed by atoms with Crippen LogP contribution in [-0.4, -0.2) is 67.3 Å². The molecule has 9 heteroatoms. The zero-order chi connectivity index (χ0) is 21.1. The van der Waals surface area contributed by atoms with Gasteiger partial charge < -0.3 is 31.5 Å². The highest BCUT2D eigenvalue weighted by Crippen LogP contribution is 2.22. The first-order valence-electron chi connectivity index (χ1n) is 9.94. The number of hydrogen-bond acceptors (Lipinski definition) is 6. The summed E-state index contributed by atoms with van der Waals surface area (Å²) in [4.78, 5) is 35.7. The van der Waals surface area contributed by atoms with Gasteiger partial charge in [0.15, 0.2) is 12.2 Å². The van der Waals surface area contributed by atoms with E-state index in [4.69, 9.17) is 15.6 Å². The molecular formula is C20H30N4O5. The molecule has 0 bridgehead atoms. The van der Waals surface area contributed by atoms with E-state index in [0.717, 1.165) is 37.9 Å². The number of amides is 2. The van der Waals surface area contributed by atoms with Gasteiger partial charge in [-0.3, -0.25) is 9.59 Å². The third-order valence-electron chi connectivity index (χ3n) is 4.55. The number of carboxylic acid groups (broad SMARTS) is 1. The van der Waals surface area contributed by atoms with Crippen LogP contribution in [0.25, 0.3) is 0 Å². The second kappa shape index (κ2) is 12.2. The largest absolute Gasteiger partial charge is 0.479 e. The number of carbonyl (C=O) groups is 3. The first-order valence-corrected chi connectivity index (χ1v) is 9.94. The predicted octanol–water partition coefficient (Wildman–Crippen LogP) is -0.599. The molecule has 160 valence electrons. The number of ether oxygens (including phenoxy) is 1. The molecule has 1 aliphatic rings. The van der Waals surface area contributed by atoms with Crippen molar-refractivity contribution >= 4 is 17.8 Å². The molecule has 1 heterocycles. The molecular weight excluding hydrogens is 376 g/mol. The van der Waals surface area contributed by atoms with Gasteiger partial charge in [-0.2, -0.15) is 0 Å². The van der Waals surface area contributed by atoms with Gasteiger partial charge in [-0.15, -0.1) is 0 Å². The van der Waals surface area contributed by atoms with E-state index in [0.29, 0.717) is 19.5 Å². The van der Waals surface area contributed by atoms with Crippen molar-refractivity contribution in [2.75, 3.05) is 26.2 Å². The number of nitrogens with two attached hydrogens (primary N) is 1. The number of unbranched alkanes of at least 4 members (excludes halogenated alkanes) is 1. The molecule has 1 saturated heterocycles. The Balaban J connectivity index is 1.80. The van der Waals surface area contributed by atoms with Gasteiger partial charge in [0.25, 0.3) is 5.91 Å². The Morgan fingerprint density at radius 1 is 1.03 bits per heavy atom. The molecule has 0 unspecified atom stereocenters. The summed E-state index contributed by atoms with van der Waals surface area (Å²) in [6, 6.07) is 8.50. The van der Waals surface area contributed by atoms with Crippen LogP contribution in [0.15, 0.2) is 30.3 Å². The second-order valence-corrected chi connectivity index (χ2v) is 6.96. The van der Waals surface area contributed by atoms with Gasteiger partial charge in [-0.25, -0.2) is 4.79 Å². The molecule has 1 fully saturated rings. The van der Waals surface area contributed by atoms with Crippen LogP contribution in [-0.2, 0) is 25.5 Å². The van der Waals surface area contributed by atoms with Crippen molar-refractivity contribution in [3.05, 3.63) is 35.9 Å². The van der Waals surface area contributed by atoms with Crippen LogP contribution in [0.4, 0.5) is 0 Å². The molecule has 0 aliphatic carbocycles. The van der Waals surface area contributed by atoms with Crippen molar-refractivity contribution in [2.24, 2.45) is 5.73 Å². The van der Waals surface area contributed by atoms with Gasteiger partial charge in [-0.05, 0) is 44.5 Å². The number of nitrogens with one attached hydrogen (secondary N) is 3. The monoisotopic (exact) mass is 406 g/mol. The van der Waals surface area contributed by atoms with Crippen LogP contribution >= 0.6 is 0 Å². The molecule has 0 aromatic heterocycles. The molecule has 2 amide bonds. The molecule has 0 radical (unpaired) electrons. The van der Waals surface area contributed by atoms with E-state index in [-0.39, 0.29) is 5.91 Å². The Morgan fingerprint density at radius 2 is 1.76 bits per heavy atom. The summed E-state index contributed by atoms with van der Waals surface area (Å²) in [6.07, 6.45) is 0.886. The summed E-state index contributed by atoms with van der Waals surface area (Å²) in [7, 11) is 0. The lowest BCUT2D eigenvalue weighted by molar-refractivity contribution is -0.138. The Morgan fingerprint density at radius 3 is 2.41 bits per heavy atom. The van der Waals surface area contributed by atoms with Crippen molar-refractivity contribution in [2.45, 2.75) is 43.9 Å². The molecule has 1 aromatic rings. The van der Waals surface area contributed by atoms with Gasteiger partial charge in [0.1, 0.15) is 6.04 Å². The first-order chi connectivity index (χ1) is 14.0. The van der Waals surface area contributed by atoms with E-state index < -0.39 is 30.1 Å². The lowest BCUT2D eigenvalue weighted by Crippen LogP contribution is -2.50. The fourth-order valence-corrected chi connectivity index (χ4v) is 2.88. The smallest absolute Gasteiger partial charge is 0.336 e. The summed E-state index contributed by atoms with van der Waals surface area (Å²) in [5.41, 5.74) is 6.33. The molecule has 0 saturated carbocycles. The molecule has 3 atom stereocenters. The van der Waals surface area contributed by atoms with E-state index >= 15 is 0 Å². The number of benzene rings is 1. The van der Waals surface area contributed by atoms with Crippen LogP contribution in [0.5, 0.6) is 0 Å². The lowest BCUT2D eigenvalue weighted by Gasteiger charge is -2.18. The molecule has 29 heavy (non-hydrogen) atoms. The van der Waals surface area contributed by atoms with Crippen molar-refractivity contribution in [3.63, 3.8) is 0 Å². The summed E-state index contributed by atoms with van der Waals surface area (Å²) < 4.78 is 4.87. The Kier molecular flexibility index (Phi) is 9.55. The first kappa shape index (κ1) is 22.8. The van der Waals surface area contributed by atoms with Gasteiger partial charge in [0.05, 0.1) is 0 Å². The molecule has 9 nitrogen and oxygen atoms in total. The van der Waals surface area contributed by atoms with E-state index in [1.165, 1.54) is 0 Å². The fourth-order valence-electron chi connectivity index (χ4n) is 2.88. The summed E-state index contributed by atoms with van der Waals surface area (Å²) in [5.74, 6) is -2.08. The minimum atomic E-state index is -1.19. The maximum Gasteiger partial charge on any atom is 0.336 e. The number of rotatable bonds is 14. The summed E-state index contributed by atoms with van der Waals surface area (Å²) in [5, 5.41) is 17.6. The topological polar surface area (TPSA) is 146 Å². The van der Waals surface area contributed by atoms with Crippen molar-refractivity contribution in [1.29, 1.82) is 0 Å². The van der Waals surface area contributed by atoms with Crippen LogP contribution < -0.4 is 21.7 Å². The normalized spacial score (nSPS) is 18.7. The summed E-state index contributed by atoms with van der Waals surface area (Å²) in [6.45, 7) is 2.83. The lowest BCUT2D eigenvalue weighted by atomic mass is 10.0. The number of hydrogen-bond donors (Lipinski definition) is 5. The van der Waals surface area contributed by atoms with Crippen molar-refractivity contribution in [3.8, 4) is 0 Å². The van der Waals surface area contributed by atoms with Gasteiger partial charge in [0, 0.05) is 13.0 Å². The van der Waals surface area contributed by atoms with Crippen LogP contribution in [0, 0.1) is 0 Å². The Labute approximate surface area is 170 Å². The number of carbonyl (C=O) groups excluding carboxylic acids is 2. The third kappa shape index (κ3) is 8.18. The average Bonchev–Trinajstić information content (AvgIpc) is 3.51. The van der Waals surface area contributed by atoms with Crippen LogP contribution in [0.2, 0.25) is 0 Å². The molecule has 6 N–H and O–H groups in total. The van der Waals surface area contributed by atoms with Gasteiger partial charge in [0.2, 0.25) is 5.91 Å². The molecule has 2 rings (SSSR count). The van der Waals surface area contributed by atoms with Crippen LogP contribution in [0.3, 0.4) is 0 Å². The molecule has 0 spiro atoms. The average molecular weight is 406 g/mol. The van der Waals surface area contributed by atoms with E-state index in [2.05, 4.69) is 16.0 Å². The Hall–Kier alpha value is -2.49. The SMILES string of the molecule is NCCCCNCCCNC(=O)[C@H](Cc1ccccc1)NC(=O)[C@@H]1O[C@@H]1C(=O)O. The number of carboxylic acids is 1. The van der Waals surface area contributed by atoms with Gasteiger partial charge in [-0.1, -0.05) is 30.3 Å². The standard InChI is InChI=1S/C20H30N4O5/c21-9-4-5-10-22-11-6-12-23-18(25)15(13-14-7-2-1-3-8-14)24-19(26)16-17(29-16)20(27)28/h1-3,7-8,15-17,22H,4-6,9-13,21H2,(H,23,25)(H,24,26)(H,27,28)/t15-,16+,17-/m0/s1. The highest BCUT2D eigenvalue weighted by molar-refractivity contribution is 5.95. The predicted molar refractivity (Wildman–Crippen MR) is 107 cm³/mol. The van der Waals surface area contributed by atoms with E-state index in [1.807, 2.05) is 30.3 Å². The number of aliphatic carboxylic acids is 1. The highest BCUT2D eigenvalue weighted by atomic mass is 16.6. The maximum atomic E-state index is 12.6. The van der Waals surface area contributed by atoms with Crippen molar-refractivity contribution in [1.82, 2.24) is 16.0 Å². The quantitative estimate of drug-likeness (QED) is 0.205. The third-order valence-corrected chi connectivity index (χ3v) is 4.55. The number of epoxide rings is 1. The molecule has 1 aliphatic heterocycles. The summed E-state index contributed by atoms with van der Waals surface area (Å²) >= 11 is 0.